The Kier molecular flexibility index (Phi) is 4.84. The molecule has 14 heavy (non-hydrogen) atoms. The minimum Gasteiger partial charge on any atom is -0.365 e. The maximum absolute atomic E-state index is 3.21. The number of H-pyrrole nitrogens is 1. The van der Waals surface area contributed by atoms with Gasteiger partial charge in [0.25, 0.3) is 0 Å². The zero-order chi connectivity index (χ0) is 10.2. The third-order valence-electron chi connectivity index (χ3n) is 2.32. The molecule has 0 fully saturated rings. The molecule has 1 N–H and O–H groups in total. The summed E-state index contributed by atoms with van der Waals surface area (Å²) >= 11 is 0. The maximum Gasteiger partial charge on any atom is 0.0176 e. The lowest BCUT2D eigenvalue weighted by Gasteiger charge is -1.94. The van der Waals surface area contributed by atoms with E-state index in [4.69, 9.17) is 0 Å². The summed E-state index contributed by atoms with van der Waals surface area (Å²) in [5.74, 6) is 0. The summed E-state index contributed by atoms with van der Waals surface area (Å²) in [6.45, 7) is 4.35. The van der Waals surface area contributed by atoms with E-state index in [1.165, 1.54) is 11.3 Å². The number of aromatic amines is 1. The van der Waals surface area contributed by atoms with Crippen molar-refractivity contribution in [1.82, 2.24) is 4.98 Å². The fourth-order valence-corrected chi connectivity index (χ4v) is 1.49. The van der Waals surface area contributed by atoms with Crippen LogP contribution in [0.2, 0.25) is 0 Å². The molecule has 1 heteroatoms. The zero-order valence-electron chi connectivity index (χ0n) is 9.09. The minimum atomic E-state index is 1.12. The van der Waals surface area contributed by atoms with Crippen LogP contribution in [0, 0.1) is 0 Å². The van der Waals surface area contributed by atoms with Crippen molar-refractivity contribution in [3.8, 4) is 0 Å². The highest BCUT2D eigenvalue weighted by Crippen LogP contribution is 2.06. The van der Waals surface area contributed by atoms with E-state index in [2.05, 4.69) is 49.2 Å². The zero-order valence-corrected chi connectivity index (χ0v) is 9.09. The highest BCUT2D eigenvalue weighted by molar-refractivity contribution is 5.19. The van der Waals surface area contributed by atoms with Crippen LogP contribution < -0.4 is 0 Å². The molecule has 1 aromatic rings. The van der Waals surface area contributed by atoms with Gasteiger partial charge >= 0.3 is 0 Å². The Morgan fingerprint density at radius 1 is 1.14 bits per heavy atom. The van der Waals surface area contributed by atoms with Crippen LogP contribution in [0.1, 0.15) is 31.5 Å². The molecule has 0 radical (unpaired) electrons. The molecule has 0 amide bonds. The predicted octanol–water partition coefficient (Wildman–Crippen LogP) is 3.64. The molecule has 1 aliphatic rings. The summed E-state index contributed by atoms with van der Waals surface area (Å²) in [5, 5.41) is 0. The summed E-state index contributed by atoms with van der Waals surface area (Å²) in [6.07, 6.45) is 13.8. The van der Waals surface area contributed by atoms with Gasteiger partial charge in [0.15, 0.2) is 0 Å². The van der Waals surface area contributed by atoms with Gasteiger partial charge < -0.3 is 4.98 Å². The SMILES string of the molecule is C1=CCC=C1.CCc1cc[nH]c1CC. The van der Waals surface area contributed by atoms with E-state index in [1.807, 2.05) is 6.20 Å². The molecule has 0 aliphatic heterocycles. The molecule has 0 unspecified atom stereocenters. The molecule has 0 atom stereocenters. The average molecular weight is 189 g/mol. The first-order valence-electron chi connectivity index (χ1n) is 5.35. The maximum atomic E-state index is 3.21. The van der Waals surface area contributed by atoms with E-state index in [1.54, 1.807) is 0 Å². The molecule has 76 valence electrons. The first-order chi connectivity index (χ1) is 6.88. The lowest BCUT2D eigenvalue weighted by molar-refractivity contribution is 1.00. The first kappa shape index (κ1) is 10.8. The fraction of sp³-hybridized carbons (Fsp3) is 0.385. The number of rotatable bonds is 2. The Bertz CT molecular complexity index is 276. The summed E-state index contributed by atoms with van der Waals surface area (Å²) < 4.78 is 0. The summed E-state index contributed by atoms with van der Waals surface area (Å²) in [4.78, 5) is 3.21. The lowest BCUT2D eigenvalue weighted by atomic mass is 10.2. The van der Waals surface area contributed by atoms with Gasteiger partial charge in [-0.2, -0.15) is 0 Å². The average Bonchev–Trinajstić information content (AvgIpc) is 2.91. The van der Waals surface area contributed by atoms with Crippen LogP contribution in [0.15, 0.2) is 36.6 Å². The van der Waals surface area contributed by atoms with Crippen LogP contribution in [0.4, 0.5) is 0 Å². The summed E-state index contributed by atoms with van der Waals surface area (Å²) in [7, 11) is 0. The van der Waals surface area contributed by atoms with Gasteiger partial charge in [0.2, 0.25) is 0 Å². The second kappa shape index (κ2) is 6.25. The second-order valence-corrected chi connectivity index (χ2v) is 3.28. The summed E-state index contributed by atoms with van der Waals surface area (Å²) in [5.41, 5.74) is 2.84. The molecule has 1 heterocycles. The van der Waals surface area contributed by atoms with Crippen LogP contribution >= 0.6 is 0 Å². The largest absolute Gasteiger partial charge is 0.365 e. The number of allylic oxidation sites excluding steroid dienone is 4. The van der Waals surface area contributed by atoms with Crippen molar-refractivity contribution >= 4 is 0 Å². The van der Waals surface area contributed by atoms with Crippen LogP contribution in [-0.2, 0) is 12.8 Å². The Labute approximate surface area is 86.5 Å². The topological polar surface area (TPSA) is 15.8 Å². The summed E-state index contributed by atoms with van der Waals surface area (Å²) in [6, 6.07) is 2.15. The van der Waals surface area contributed by atoms with Gasteiger partial charge in [-0.3, -0.25) is 0 Å². The highest BCUT2D eigenvalue weighted by atomic mass is 14.7. The van der Waals surface area contributed by atoms with E-state index >= 15 is 0 Å². The van der Waals surface area contributed by atoms with Gasteiger partial charge in [-0.1, -0.05) is 38.2 Å². The first-order valence-corrected chi connectivity index (χ1v) is 5.35. The Morgan fingerprint density at radius 2 is 1.86 bits per heavy atom. The molecule has 1 aromatic heterocycles. The second-order valence-electron chi connectivity index (χ2n) is 3.28. The van der Waals surface area contributed by atoms with E-state index in [-0.39, 0.29) is 0 Å². The molecular formula is C13H19N. The van der Waals surface area contributed by atoms with Gasteiger partial charge in [-0.05, 0) is 30.9 Å². The van der Waals surface area contributed by atoms with Crippen LogP contribution in [0.3, 0.4) is 0 Å². The van der Waals surface area contributed by atoms with Crippen molar-refractivity contribution in [1.29, 1.82) is 0 Å². The predicted molar refractivity (Wildman–Crippen MR) is 62.4 cm³/mol. The van der Waals surface area contributed by atoms with Gasteiger partial charge in [-0.15, -0.1) is 0 Å². The van der Waals surface area contributed by atoms with Gasteiger partial charge in [0, 0.05) is 11.9 Å². The Hall–Kier alpha value is -1.24. The number of aryl methyl sites for hydroxylation is 2. The van der Waals surface area contributed by atoms with Gasteiger partial charge in [-0.25, -0.2) is 0 Å². The lowest BCUT2D eigenvalue weighted by Crippen LogP contribution is -1.85. The fourth-order valence-electron chi connectivity index (χ4n) is 1.49. The molecule has 0 spiro atoms. The van der Waals surface area contributed by atoms with Crippen molar-refractivity contribution in [3.63, 3.8) is 0 Å². The van der Waals surface area contributed by atoms with E-state index in [9.17, 15) is 0 Å². The minimum absolute atomic E-state index is 1.12. The van der Waals surface area contributed by atoms with Crippen LogP contribution in [0.25, 0.3) is 0 Å². The van der Waals surface area contributed by atoms with Gasteiger partial charge in [0.1, 0.15) is 0 Å². The Balaban J connectivity index is 0.000000165. The molecule has 0 saturated heterocycles. The number of nitrogens with one attached hydrogen (secondary N) is 1. The Morgan fingerprint density at radius 3 is 2.21 bits per heavy atom. The number of hydrogen-bond donors (Lipinski definition) is 1. The molecule has 1 aliphatic carbocycles. The van der Waals surface area contributed by atoms with E-state index < -0.39 is 0 Å². The van der Waals surface area contributed by atoms with Crippen molar-refractivity contribution in [3.05, 3.63) is 47.8 Å². The monoisotopic (exact) mass is 189 g/mol. The quantitative estimate of drug-likeness (QED) is 0.731. The van der Waals surface area contributed by atoms with Crippen molar-refractivity contribution in [2.75, 3.05) is 0 Å². The molecule has 0 saturated carbocycles. The highest BCUT2D eigenvalue weighted by Gasteiger charge is 1.95. The molecule has 1 nitrogen and oxygen atoms in total. The molecule has 2 rings (SSSR count). The molecule has 0 bridgehead atoms. The van der Waals surface area contributed by atoms with E-state index in [0.29, 0.717) is 0 Å². The molecular weight excluding hydrogens is 170 g/mol. The standard InChI is InChI=1S/C8H13N.C5H6/c1-3-7-5-6-9-8(7)4-2;1-2-4-5-3-1/h5-6,9H,3-4H2,1-2H3;1-4H,5H2. The number of aromatic nitrogens is 1. The molecule has 0 aromatic carbocycles. The van der Waals surface area contributed by atoms with Crippen molar-refractivity contribution < 1.29 is 0 Å². The third-order valence-corrected chi connectivity index (χ3v) is 2.32. The number of hydrogen-bond acceptors (Lipinski definition) is 0. The van der Waals surface area contributed by atoms with Crippen molar-refractivity contribution in [2.24, 2.45) is 0 Å². The normalized spacial score (nSPS) is 12.7. The van der Waals surface area contributed by atoms with Crippen molar-refractivity contribution in [2.45, 2.75) is 33.1 Å². The van der Waals surface area contributed by atoms with Gasteiger partial charge in [0.05, 0.1) is 0 Å². The smallest absolute Gasteiger partial charge is 0.0176 e. The third kappa shape index (κ3) is 3.25. The van der Waals surface area contributed by atoms with Crippen LogP contribution in [-0.4, -0.2) is 4.98 Å². The van der Waals surface area contributed by atoms with E-state index in [0.717, 1.165) is 19.3 Å². The van der Waals surface area contributed by atoms with Crippen LogP contribution in [0.5, 0.6) is 0 Å².